The lowest BCUT2D eigenvalue weighted by Gasteiger charge is -2.27. The molecule has 0 bridgehead atoms. The third-order valence-corrected chi connectivity index (χ3v) is 3.00. The van der Waals surface area contributed by atoms with Gasteiger partial charge in [0.1, 0.15) is 0 Å². The summed E-state index contributed by atoms with van der Waals surface area (Å²) in [5, 5.41) is 0. The van der Waals surface area contributed by atoms with Gasteiger partial charge >= 0.3 is 0 Å². The molecule has 0 saturated carbocycles. The first-order chi connectivity index (χ1) is 6.76. The molecule has 0 fully saturated rings. The van der Waals surface area contributed by atoms with Gasteiger partial charge in [-0.3, -0.25) is 0 Å². The fraction of sp³-hybridized carbons (Fsp3) is 1.00. The Hall–Kier alpha value is -0.0400. The number of unbranched alkanes of at least 4 members (excludes halogenated alkanes) is 2. The van der Waals surface area contributed by atoms with Crippen molar-refractivity contribution in [2.75, 3.05) is 13.6 Å². The standard InChI is InChI=1S/C13H29N/c1-5-8-11-13(10-7-3)14(4)12-9-6-2/h13H,5-12H2,1-4H3. The number of hydrogen-bond donors (Lipinski definition) is 0. The number of rotatable bonds is 9. The molecule has 0 aliphatic carbocycles. The first-order valence-electron chi connectivity index (χ1n) is 6.46. The predicted molar refractivity (Wildman–Crippen MR) is 65.8 cm³/mol. The van der Waals surface area contributed by atoms with Crippen LogP contribution in [-0.2, 0) is 0 Å². The Morgan fingerprint density at radius 2 is 1.50 bits per heavy atom. The van der Waals surface area contributed by atoms with Crippen molar-refractivity contribution in [1.82, 2.24) is 4.90 Å². The molecule has 0 aromatic rings. The van der Waals surface area contributed by atoms with E-state index in [-0.39, 0.29) is 0 Å². The maximum absolute atomic E-state index is 2.57. The molecule has 0 aliphatic rings. The molecule has 0 aliphatic heterocycles. The van der Waals surface area contributed by atoms with Crippen LogP contribution in [0.5, 0.6) is 0 Å². The topological polar surface area (TPSA) is 3.24 Å². The van der Waals surface area contributed by atoms with Crippen LogP contribution in [0.25, 0.3) is 0 Å². The Morgan fingerprint density at radius 1 is 0.857 bits per heavy atom. The highest BCUT2D eigenvalue weighted by Crippen LogP contribution is 2.13. The van der Waals surface area contributed by atoms with Crippen molar-refractivity contribution >= 4 is 0 Å². The van der Waals surface area contributed by atoms with Crippen molar-refractivity contribution in [2.45, 2.75) is 71.8 Å². The van der Waals surface area contributed by atoms with E-state index in [1.165, 1.54) is 51.5 Å². The average molecular weight is 199 g/mol. The molecule has 0 rings (SSSR count). The van der Waals surface area contributed by atoms with Crippen molar-refractivity contribution in [3.8, 4) is 0 Å². The van der Waals surface area contributed by atoms with Crippen LogP contribution in [0.3, 0.4) is 0 Å². The maximum atomic E-state index is 2.57. The minimum atomic E-state index is 0.839. The summed E-state index contributed by atoms with van der Waals surface area (Å²) in [7, 11) is 2.30. The van der Waals surface area contributed by atoms with Crippen molar-refractivity contribution in [3.05, 3.63) is 0 Å². The first-order valence-corrected chi connectivity index (χ1v) is 6.46. The van der Waals surface area contributed by atoms with Gasteiger partial charge in [0.2, 0.25) is 0 Å². The molecule has 0 aromatic heterocycles. The second-order valence-electron chi connectivity index (χ2n) is 4.42. The fourth-order valence-corrected chi connectivity index (χ4v) is 1.95. The molecule has 86 valence electrons. The molecular formula is C13H29N. The molecule has 1 unspecified atom stereocenters. The minimum absolute atomic E-state index is 0.839. The minimum Gasteiger partial charge on any atom is -0.303 e. The van der Waals surface area contributed by atoms with E-state index in [1.807, 2.05) is 0 Å². The van der Waals surface area contributed by atoms with Gasteiger partial charge in [-0.05, 0) is 32.9 Å². The summed E-state index contributed by atoms with van der Waals surface area (Å²) in [5.41, 5.74) is 0. The zero-order valence-corrected chi connectivity index (χ0v) is 10.7. The van der Waals surface area contributed by atoms with Crippen LogP contribution >= 0.6 is 0 Å². The second kappa shape index (κ2) is 9.51. The normalized spacial score (nSPS) is 13.5. The Labute approximate surface area is 90.9 Å². The van der Waals surface area contributed by atoms with Gasteiger partial charge in [0.15, 0.2) is 0 Å². The molecule has 0 radical (unpaired) electrons. The average Bonchev–Trinajstić information content (AvgIpc) is 2.20. The molecule has 0 N–H and O–H groups in total. The quantitative estimate of drug-likeness (QED) is 0.541. The van der Waals surface area contributed by atoms with Crippen molar-refractivity contribution in [1.29, 1.82) is 0 Å². The summed E-state index contributed by atoms with van der Waals surface area (Å²) < 4.78 is 0. The molecule has 0 aromatic carbocycles. The highest BCUT2D eigenvalue weighted by Gasteiger charge is 2.11. The van der Waals surface area contributed by atoms with Crippen molar-refractivity contribution < 1.29 is 0 Å². The highest BCUT2D eigenvalue weighted by molar-refractivity contribution is 4.68. The molecule has 0 saturated heterocycles. The molecule has 1 nitrogen and oxygen atoms in total. The monoisotopic (exact) mass is 199 g/mol. The largest absolute Gasteiger partial charge is 0.303 e. The van der Waals surface area contributed by atoms with E-state index in [0.29, 0.717) is 0 Å². The Morgan fingerprint density at radius 3 is 2.00 bits per heavy atom. The molecule has 1 heteroatoms. The van der Waals surface area contributed by atoms with Gasteiger partial charge in [0, 0.05) is 6.04 Å². The van der Waals surface area contributed by atoms with Gasteiger partial charge in [-0.2, -0.15) is 0 Å². The van der Waals surface area contributed by atoms with Gasteiger partial charge in [-0.1, -0.05) is 46.5 Å². The Kier molecular flexibility index (Phi) is 9.49. The third kappa shape index (κ3) is 6.42. The number of nitrogens with zero attached hydrogens (tertiary/aromatic N) is 1. The van der Waals surface area contributed by atoms with E-state index in [0.717, 1.165) is 6.04 Å². The van der Waals surface area contributed by atoms with Crippen LogP contribution in [0, 0.1) is 0 Å². The van der Waals surface area contributed by atoms with Gasteiger partial charge in [-0.25, -0.2) is 0 Å². The van der Waals surface area contributed by atoms with E-state index in [4.69, 9.17) is 0 Å². The summed E-state index contributed by atoms with van der Waals surface area (Å²) >= 11 is 0. The van der Waals surface area contributed by atoms with E-state index >= 15 is 0 Å². The molecule has 14 heavy (non-hydrogen) atoms. The lowest BCUT2D eigenvalue weighted by Crippen LogP contribution is -2.32. The van der Waals surface area contributed by atoms with Crippen LogP contribution in [0.4, 0.5) is 0 Å². The zero-order valence-electron chi connectivity index (χ0n) is 10.7. The summed E-state index contributed by atoms with van der Waals surface area (Å²) in [6.07, 6.45) is 9.48. The van der Waals surface area contributed by atoms with Crippen molar-refractivity contribution in [2.24, 2.45) is 0 Å². The van der Waals surface area contributed by atoms with E-state index in [2.05, 4.69) is 32.7 Å². The van der Waals surface area contributed by atoms with Crippen LogP contribution in [0.2, 0.25) is 0 Å². The first kappa shape index (κ1) is 14.0. The Balaban J connectivity index is 3.77. The second-order valence-corrected chi connectivity index (χ2v) is 4.42. The van der Waals surface area contributed by atoms with Gasteiger partial charge < -0.3 is 4.90 Å². The van der Waals surface area contributed by atoms with E-state index < -0.39 is 0 Å². The van der Waals surface area contributed by atoms with Crippen LogP contribution in [0.1, 0.15) is 65.7 Å². The molecule has 1 atom stereocenters. The van der Waals surface area contributed by atoms with E-state index in [9.17, 15) is 0 Å². The third-order valence-electron chi connectivity index (χ3n) is 3.00. The maximum Gasteiger partial charge on any atom is 0.00921 e. The highest BCUT2D eigenvalue weighted by atomic mass is 15.1. The summed E-state index contributed by atoms with van der Waals surface area (Å²) in [5.74, 6) is 0. The van der Waals surface area contributed by atoms with E-state index in [1.54, 1.807) is 0 Å². The smallest absolute Gasteiger partial charge is 0.00921 e. The lowest BCUT2D eigenvalue weighted by molar-refractivity contribution is 0.211. The Bertz CT molecular complexity index is 112. The SMILES string of the molecule is CCCCC(CCC)N(C)CCCC. The summed E-state index contributed by atoms with van der Waals surface area (Å²) in [4.78, 5) is 2.57. The van der Waals surface area contributed by atoms with Gasteiger partial charge in [0.05, 0.1) is 0 Å². The van der Waals surface area contributed by atoms with Crippen LogP contribution in [0.15, 0.2) is 0 Å². The van der Waals surface area contributed by atoms with Crippen molar-refractivity contribution in [3.63, 3.8) is 0 Å². The summed E-state index contributed by atoms with van der Waals surface area (Å²) in [6, 6.07) is 0.839. The lowest BCUT2D eigenvalue weighted by atomic mass is 10.0. The molecule has 0 heterocycles. The van der Waals surface area contributed by atoms with Crippen LogP contribution in [-0.4, -0.2) is 24.5 Å². The van der Waals surface area contributed by atoms with Gasteiger partial charge in [-0.15, -0.1) is 0 Å². The predicted octanol–water partition coefficient (Wildman–Crippen LogP) is 4.08. The molecule has 0 amide bonds. The zero-order chi connectivity index (χ0) is 10.8. The molecular weight excluding hydrogens is 170 g/mol. The van der Waals surface area contributed by atoms with Gasteiger partial charge in [0.25, 0.3) is 0 Å². The number of hydrogen-bond acceptors (Lipinski definition) is 1. The molecule has 0 spiro atoms. The summed E-state index contributed by atoms with van der Waals surface area (Å²) in [6.45, 7) is 8.14. The fourth-order valence-electron chi connectivity index (χ4n) is 1.95. The van der Waals surface area contributed by atoms with Crippen LogP contribution < -0.4 is 0 Å².